The van der Waals surface area contributed by atoms with Gasteiger partial charge >= 0.3 is 5.69 Å². The van der Waals surface area contributed by atoms with Crippen molar-refractivity contribution in [2.24, 2.45) is 0 Å². The van der Waals surface area contributed by atoms with Crippen molar-refractivity contribution in [1.82, 2.24) is 13.9 Å². The highest BCUT2D eigenvalue weighted by Gasteiger charge is 2.16. The summed E-state index contributed by atoms with van der Waals surface area (Å²) in [4.78, 5) is 39.8. The highest BCUT2D eigenvalue weighted by molar-refractivity contribution is 7.10. The zero-order valence-corrected chi connectivity index (χ0v) is 13.7. The molecule has 2 N–H and O–H groups in total. The molecule has 0 fully saturated rings. The van der Waals surface area contributed by atoms with Gasteiger partial charge in [-0.15, -0.1) is 11.3 Å². The zero-order valence-electron chi connectivity index (χ0n) is 12.0. The van der Waals surface area contributed by atoms with E-state index >= 15 is 0 Å². The molecule has 0 aliphatic heterocycles. The molecule has 0 aliphatic carbocycles. The van der Waals surface area contributed by atoms with Crippen LogP contribution in [0.25, 0.3) is 0 Å². The van der Waals surface area contributed by atoms with Crippen molar-refractivity contribution in [3.05, 3.63) is 66.7 Å². The SMILES string of the molecule is Cc1cc(NC(=O)c2c[nH]c(=O)n(Cc3cccs3)c2=O)sn1. The van der Waals surface area contributed by atoms with Crippen molar-refractivity contribution in [3.63, 3.8) is 0 Å². The Morgan fingerprint density at radius 1 is 1.43 bits per heavy atom. The number of rotatable bonds is 4. The molecule has 0 unspecified atom stereocenters. The average Bonchev–Trinajstić information content (AvgIpc) is 3.15. The number of anilines is 1. The molecule has 3 rings (SSSR count). The lowest BCUT2D eigenvalue weighted by atomic mass is 10.3. The van der Waals surface area contributed by atoms with E-state index in [-0.39, 0.29) is 12.1 Å². The third kappa shape index (κ3) is 3.30. The Labute approximate surface area is 138 Å². The smallest absolute Gasteiger partial charge is 0.313 e. The van der Waals surface area contributed by atoms with Crippen molar-refractivity contribution in [2.75, 3.05) is 5.32 Å². The maximum Gasteiger partial charge on any atom is 0.328 e. The third-order valence-corrected chi connectivity index (χ3v) is 4.72. The van der Waals surface area contributed by atoms with Gasteiger partial charge in [-0.25, -0.2) is 4.79 Å². The van der Waals surface area contributed by atoms with E-state index in [2.05, 4.69) is 14.7 Å². The van der Waals surface area contributed by atoms with Gasteiger partial charge in [0.1, 0.15) is 10.6 Å². The van der Waals surface area contributed by atoms with Crippen molar-refractivity contribution in [3.8, 4) is 0 Å². The molecule has 23 heavy (non-hydrogen) atoms. The molecule has 0 saturated carbocycles. The Balaban J connectivity index is 1.92. The molecule has 118 valence electrons. The normalized spacial score (nSPS) is 10.7. The molecule has 0 spiro atoms. The second-order valence-electron chi connectivity index (χ2n) is 4.76. The largest absolute Gasteiger partial charge is 0.328 e. The standard InChI is InChI=1S/C14H12N4O3S2/c1-8-5-11(23-17-8)16-12(19)10-6-15-14(21)18(13(10)20)7-9-3-2-4-22-9/h2-6H,7H2,1H3,(H,15,21)(H,16,19). The molecule has 3 aromatic rings. The number of thiophene rings is 1. The van der Waals surface area contributed by atoms with Gasteiger partial charge in [0.15, 0.2) is 0 Å². The molecule has 0 aromatic carbocycles. The van der Waals surface area contributed by atoms with Crippen LogP contribution in [-0.4, -0.2) is 19.8 Å². The molecule has 0 saturated heterocycles. The molecule has 0 radical (unpaired) electrons. The van der Waals surface area contributed by atoms with Gasteiger partial charge in [0.2, 0.25) is 0 Å². The van der Waals surface area contributed by atoms with E-state index in [1.165, 1.54) is 11.3 Å². The second-order valence-corrected chi connectivity index (χ2v) is 6.60. The Morgan fingerprint density at radius 2 is 2.26 bits per heavy atom. The van der Waals surface area contributed by atoms with Crippen molar-refractivity contribution < 1.29 is 4.79 Å². The molecule has 0 bridgehead atoms. The van der Waals surface area contributed by atoms with Crippen LogP contribution in [0.2, 0.25) is 0 Å². The maximum absolute atomic E-state index is 12.4. The molecule has 0 aliphatic rings. The van der Waals surface area contributed by atoms with Gasteiger partial charge in [-0.1, -0.05) is 6.07 Å². The van der Waals surface area contributed by atoms with E-state index in [4.69, 9.17) is 0 Å². The van der Waals surface area contributed by atoms with Crippen LogP contribution in [0, 0.1) is 6.92 Å². The molecule has 3 aromatic heterocycles. The van der Waals surface area contributed by atoms with Gasteiger partial charge in [-0.3, -0.25) is 14.2 Å². The van der Waals surface area contributed by atoms with Crippen LogP contribution in [0.5, 0.6) is 0 Å². The lowest BCUT2D eigenvalue weighted by molar-refractivity contribution is 0.102. The second kappa shape index (κ2) is 6.31. The van der Waals surface area contributed by atoms with Crippen LogP contribution in [0.4, 0.5) is 5.00 Å². The van der Waals surface area contributed by atoms with Crippen molar-refractivity contribution >= 4 is 33.8 Å². The Kier molecular flexibility index (Phi) is 4.22. The maximum atomic E-state index is 12.4. The number of nitrogens with one attached hydrogen (secondary N) is 2. The number of H-pyrrole nitrogens is 1. The minimum atomic E-state index is -0.624. The van der Waals surface area contributed by atoms with E-state index in [0.29, 0.717) is 5.00 Å². The summed E-state index contributed by atoms with van der Waals surface area (Å²) >= 11 is 2.56. The Bertz CT molecular complexity index is 953. The van der Waals surface area contributed by atoms with Gasteiger partial charge in [-0.05, 0) is 36.0 Å². The van der Waals surface area contributed by atoms with E-state index in [1.54, 1.807) is 13.0 Å². The Morgan fingerprint density at radius 3 is 2.91 bits per heavy atom. The first kappa shape index (κ1) is 15.4. The lowest BCUT2D eigenvalue weighted by Gasteiger charge is -2.06. The number of carbonyl (C=O) groups excluding carboxylic acids is 1. The summed E-state index contributed by atoms with van der Waals surface area (Å²) < 4.78 is 5.07. The van der Waals surface area contributed by atoms with Crippen LogP contribution >= 0.6 is 22.9 Å². The number of carbonyl (C=O) groups is 1. The van der Waals surface area contributed by atoms with E-state index in [9.17, 15) is 14.4 Å². The topological polar surface area (TPSA) is 96.9 Å². The van der Waals surface area contributed by atoms with Crippen LogP contribution in [0.1, 0.15) is 20.9 Å². The predicted molar refractivity (Wildman–Crippen MR) is 89.5 cm³/mol. The summed E-state index contributed by atoms with van der Waals surface area (Å²) in [6, 6.07) is 5.36. The minimum Gasteiger partial charge on any atom is -0.313 e. The summed E-state index contributed by atoms with van der Waals surface area (Å²) in [5, 5.41) is 5.01. The summed E-state index contributed by atoms with van der Waals surface area (Å²) in [5.74, 6) is -0.574. The number of aromatic nitrogens is 3. The van der Waals surface area contributed by atoms with E-state index < -0.39 is 17.2 Å². The number of hydrogen-bond donors (Lipinski definition) is 2. The van der Waals surface area contributed by atoms with Gasteiger partial charge in [0.25, 0.3) is 11.5 Å². The molecular weight excluding hydrogens is 336 g/mol. The van der Waals surface area contributed by atoms with Gasteiger partial charge in [0.05, 0.1) is 12.2 Å². The first-order chi connectivity index (χ1) is 11.0. The fourth-order valence-corrected chi connectivity index (χ4v) is 3.33. The van der Waals surface area contributed by atoms with Crippen molar-refractivity contribution in [1.29, 1.82) is 0 Å². The number of aromatic amines is 1. The van der Waals surface area contributed by atoms with Crippen LogP contribution in [0.3, 0.4) is 0 Å². The highest BCUT2D eigenvalue weighted by Crippen LogP contribution is 2.15. The summed E-state index contributed by atoms with van der Waals surface area (Å²) in [6.45, 7) is 1.94. The van der Waals surface area contributed by atoms with E-state index in [1.807, 2.05) is 17.5 Å². The fraction of sp³-hybridized carbons (Fsp3) is 0.143. The first-order valence-corrected chi connectivity index (χ1v) is 8.29. The van der Waals surface area contributed by atoms with E-state index in [0.717, 1.165) is 32.9 Å². The van der Waals surface area contributed by atoms with Crippen LogP contribution in [-0.2, 0) is 6.54 Å². The summed E-state index contributed by atoms with van der Waals surface area (Å²) in [7, 11) is 0. The Hall–Kier alpha value is -2.52. The summed E-state index contributed by atoms with van der Waals surface area (Å²) in [5.41, 5.74) is -0.511. The predicted octanol–water partition coefficient (Wildman–Crippen LogP) is 1.66. The average molecular weight is 348 g/mol. The monoisotopic (exact) mass is 348 g/mol. The van der Waals surface area contributed by atoms with Crippen molar-refractivity contribution in [2.45, 2.75) is 13.5 Å². The van der Waals surface area contributed by atoms with Crippen LogP contribution < -0.4 is 16.6 Å². The molecule has 9 heteroatoms. The molecule has 7 nitrogen and oxygen atoms in total. The third-order valence-electron chi connectivity index (χ3n) is 3.06. The molecular formula is C14H12N4O3S2. The molecule has 0 atom stereocenters. The summed E-state index contributed by atoms with van der Waals surface area (Å²) in [6.07, 6.45) is 1.14. The highest BCUT2D eigenvalue weighted by atomic mass is 32.1. The molecule has 1 amide bonds. The quantitative estimate of drug-likeness (QED) is 0.749. The lowest BCUT2D eigenvalue weighted by Crippen LogP contribution is -2.39. The molecule has 3 heterocycles. The van der Waals surface area contributed by atoms with Gasteiger partial charge in [-0.2, -0.15) is 4.37 Å². The minimum absolute atomic E-state index is 0.118. The zero-order chi connectivity index (χ0) is 16.4. The fourth-order valence-electron chi connectivity index (χ4n) is 1.98. The number of aryl methyl sites for hydroxylation is 1. The number of amides is 1. The number of nitrogens with zero attached hydrogens (tertiary/aromatic N) is 2. The first-order valence-electron chi connectivity index (χ1n) is 6.64. The van der Waals surface area contributed by atoms with Gasteiger partial charge < -0.3 is 10.3 Å². The van der Waals surface area contributed by atoms with Gasteiger partial charge in [0, 0.05) is 11.1 Å². The van der Waals surface area contributed by atoms with Crippen LogP contribution in [0.15, 0.2) is 39.4 Å². The number of hydrogen-bond acceptors (Lipinski definition) is 6.